The van der Waals surface area contributed by atoms with Crippen LogP contribution in [0.15, 0.2) is 48.5 Å². The summed E-state index contributed by atoms with van der Waals surface area (Å²) >= 11 is 0. The molecule has 18 heavy (non-hydrogen) atoms. The van der Waals surface area contributed by atoms with Crippen LogP contribution in [0.2, 0.25) is 0 Å². The SMILES string of the molecule is [2H]C([2H])([2H])C1(C([2H])([2H])[2H])CN(c2ccccc2C)c2ccccc21. The highest BCUT2D eigenvalue weighted by atomic mass is 15.2. The molecule has 0 aliphatic carbocycles. The Labute approximate surface area is 117 Å². The molecule has 0 N–H and O–H groups in total. The van der Waals surface area contributed by atoms with Crippen LogP contribution in [0.25, 0.3) is 0 Å². The van der Waals surface area contributed by atoms with Crippen LogP contribution in [-0.4, -0.2) is 6.54 Å². The van der Waals surface area contributed by atoms with Gasteiger partial charge in [-0.3, -0.25) is 0 Å². The normalized spacial score (nSPS) is 23.1. The molecule has 1 heterocycles. The number of hydrogen-bond acceptors (Lipinski definition) is 1. The van der Waals surface area contributed by atoms with Crippen LogP contribution in [0, 0.1) is 6.92 Å². The van der Waals surface area contributed by atoms with Gasteiger partial charge >= 0.3 is 0 Å². The van der Waals surface area contributed by atoms with Crippen LogP contribution in [0.5, 0.6) is 0 Å². The van der Waals surface area contributed by atoms with Crippen molar-refractivity contribution in [2.75, 3.05) is 11.4 Å². The second-order valence-electron chi connectivity index (χ2n) is 4.80. The van der Waals surface area contributed by atoms with E-state index >= 15 is 0 Å². The van der Waals surface area contributed by atoms with Crippen LogP contribution >= 0.6 is 0 Å². The van der Waals surface area contributed by atoms with E-state index in [0.29, 0.717) is 11.3 Å². The fourth-order valence-electron chi connectivity index (χ4n) is 2.56. The molecule has 0 radical (unpaired) electrons. The summed E-state index contributed by atoms with van der Waals surface area (Å²) in [5, 5.41) is 0. The quantitative estimate of drug-likeness (QED) is 0.716. The number of para-hydroxylation sites is 2. The summed E-state index contributed by atoms with van der Waals surface area (Å²) in [5.74, 6) is 0. The molecule has 0 saturated carbocycles. The zero-order chi connectivity index (χ0) is 17.8. The second kappa shape index (κ2) is 3.88. The number of benzene rings is 2. The van der Waals surface area contributed by atoms with Gasteiger partial charge in [-0.05, 0) is 30.2 Å². The number of aryl methyl sites for hydroxylation is 1. The van der Waals surface area contributed by atoms with E-state index in [2.05, 4.69) is 0 Å². The largest absolute Gasteiger partial charge is 0.340 e. The molecule has 1 nitrogen and oxygen atoms in total. The fraction of sp³-hybridized carbons (Fsp3) is 0.294. The predicted molar refractivity (Wildman–Crippen MR) is 77.7 cm³/mol. The molecule has 1 aliphatic rings. The van der Waals surface area contributed by atoms with Crippen molar-refractivity contribution in [2.24, 2.45) is 0 Å². The summed E-state index contributed by atoms with van der Waals surface area (Å²) < 4.78 is 48.1. The molecule has 2 aromatic rings. The highest BCUT2D eigenvalue weighted by Gasteiger charge is 2.35. The first kappa shape index (κ1) is 6.42. The smallest absolute Gasteiger partial charge is 0.0449 e. The first-order chi connectivity index (χ1) is 11.1. The standard InChI is InChI=1S/C17H19N/c1-13-8-4-6-10-15(13)18-12-17(2,3)14-9-5-7-11-16(14)18/h4-11H,12H2,1-3H3/i2D3,3D3. The molecule has 0 unspecified atom stereocenters. The van der Waals surface area contributed by atoms with E-state index in [4.69, 9.17) is 8.22 Å². The number of fused-ring (bicyclic) bond motifs is 1. The van der Waals surface area contributed by atoms with E-state index < -0.39 is 19.1 Å². The molecule has 0 spiro atoms. The Morgan fingerprint density at radius 2 is 1.67 bits per heavy atom. The maximum absolute atomic E-state index is 8.02. The van der Waals surface area contributed by atoms with Crippen LogP contribution in [-0.2, 0) is 5.41 Å². The second-order valence-corrected chi connectivity index (χ2v) is 4.80. The van der Waals surface area contributed by atoms with Crippen LogP contribution in [0.3, 0.4) is 0 Å². The number of anilines is 2. The van der Waals surface area contributed by atoms with E-state index in [1.165, 1.54) is 0 Å². The molecule has 0 saturated heterocycles. The summed E-state index contributed by atoms with van der Waals surface area (Å²) in [7, 11) is 0. The summed E-state index contributed by atoms with van der Waals surface area (Å²) in [5.41, 5.74) is 0.922. The Morgan fingerprint density at radius 3 is 2.39 bits per heavy atom. The van der Waals surface area contributed by atoms with Gasteiger partial charge in [-0.2, -0.15) is 0 Å². The van der Waals surface area contributed by atoms with Crippen molar-refractivity contribution in [3.63, 3.8) is 0 Å². The van der Waals surface area contributed by atoms with E-state index in [1.807, 2.05) is 36.1 Å². The van der Waals surface area contributed by atoms with Gasteiger partial charge in [-0.1, -0.05) is 50.1 Å². The molecule has 0 bridgehead atoms. The minimum absolute atomic E-state index is 0.0931. The topological polar surface area (TPSA) is 3.24 Å². The van der Waals surface area contributed by atoms with Gasteiger partial charge in [0.05, 0.1) is 0 Å². The Hall–Kier alpha value is -1.76. The van der Waals surface area contributed by atoms with Crippen LogP contribution < -0.4 is 4.90 Å². The number of nitrogens with zero attached hydrogens (tertiary/aromatic N) is 1. The molecule has 92 valence electrons. The van der Waals surface area contributed by atoms with Crippen molar-refractivity contribution in [2.45, 2.75) is 26.0 Å². The van der Waals surface area contributed by atoms with Gasteiger partial charge < -0.3 is 4.90 Å². The van der Waals surface area contributed by atoms with Gasteiger partial charge in [-0.15, -0.1) is 0 Å². The minimum Gasteiger partial charge on any atom is -0.340 e. The van der Waals surface area contributed by atoms with Crippen molar-refractivity contribution in [1.29, 1.82) is 0 Å². The molecule has 0 aromatic heterocycles. The van der Waals surface area contributed by atoms with Crippen LogP contribution in [0.1, 0.15) is 33.1 Å². The monoisotopic (exact) mass is 243 g/mol. The Balaban J connectivity index is 2.28. The van der Waals surface area contributed by atoms with Gasteiger partial charge in [0, 0.05) is 31.6 Å². The average molecular weight is 243 g/mol. The van der Waals surface area contributed by atoms with Crippen molar-refractivity contribution in [3.05, 3.63) is 59.7 Å². The van der Waals surface area contributed by atoms with Gasteiger partial charge in [0.1, 0.15) is 0 Å². The lowest BCUT2D eigenvalue weighted by Crippen LogP contribution is -2.25. The number of rotatable bonds is 1. The Bertz CT molecular complexity index is 748. The third-order valence-corrected chi connectivity index (χ3v) is 3.46. The lowest BCUT2D eigenvalue weighted by Gasteiger charge is -2.24. The summed E-state index contributed by atoms with van der Waals surface area (Å²) in [6.07, 6.45) is 0. The molecule has 0 atom stereocenters. The third kappa shape index (κ3) is 1.62. The zero-order valence-corrected chi connectivity index (χ0v) is 10.3. The van der Waals surface area contributed by atoms with Gasteiger partial charge in [0.15, 0.2) is 0 Å². The highest BCUT2D eigenvalue weighted by Crippen LogP contribution is 2.44. The molecular formula is C17H19N. The van der Waals surface area contributed by atoms with E-state index in [1.54, 1.807) is 24.3 Å². The van der Waals surface area contributed by atoms with Gasteiger partial charge in [-0.25, -0.2) is 0 Å². The lowest BCUT2D eigenvalue weighted by molar-refractivity contribution is 0.569. The molecule has 0 fully saturated rings. The van der Waals surface area contributed by atoms with Gasteiger partial charge in [0.25, 0.3) is 0 Å². The highest BCUT2D eigenvalue weighted by molar-refractivity contribution is 5.74. The Kier molecular flexibility index (Phi) is 1.38. The predicted octanol–water partition coefficient (Wildman–Crippen LogP) is 4.42. The number of hydrogen-bond donors (Lipinski definition) is 0. The third-order valence-electron chi connectivity index (χ3n) is 3.46. The molecule has 1 aliphatic heterocycles. The maximum atomic E-state index is 8.02. The minimum atomic E-state index is -2.65. The molecule has 0 amide bonds. The van der Waals surface area contributed by atoms with Crippen molar-refractivity contribution in [1.82, 2.24) is 0 Å². The van der Waals surface area contributed by atoms with Crippen molar-refractivity contribution in [3.8, 4) is 0 Å². The molecule has 1 heteroatoms. The molecule has 2 aromatic carbocycles. The molecular weight excluding hydrogens is 218 g/mol. The summed E-state index contributed by atoms with van der Waals surface area (Å²) in [6.45, 7) is -3.45. The zero-order valence-electron chi connectivity index (χ0n) is 16.3. The first-order valence-corrected chi connectivity index (χ1v) is 6.02. The van der Waals surface area contributed by atoms with Gasteiger partial charge in [0.2, 0.25) is 0 Å². The summed E-state index contributed by atoms with van der Waals surface area (Å²) in [6, 6.07) is 14.5. The average Bonchev–Trinajstić information content (AvgIpc) is 2.84. The van der Waals surface area contributed by atoms with E-state index in [0.717, 1.165) is 11.3 Å². The molecule has 3 rings (SSSR count). The van der Waals surface area contributed by atoms with E-state index in [9.17, 15) is 0 Å². The van der Waals surface area contributed by atoms with Crippen molar-refractivity contribution < 1.29 is 8.22 Å². The Morgan fingerprint density at radius 1 is 1.00 bits per heavy atom. The van der Waals surface area contributed by atoms with Crippen LogP contribution in [0.4, 0.5) is 11.4 Å². The maximum Gasteiger partial charge on any atom is 0.0449 e. The van der Waals surface area contributed by atoms with E-state index in [-0.39, 0.29) is 6.54 Å². The fourth-order valence-corrected chi connectivity index (χ4v) is 2.56. The lowest BCUT2D eigenvalue weighted by atomic mass is 9.87. The summed E-state index contributed by atoms with van der Waals surface area (Å²) in [4.78, 5) is 1.82. The first-order valence-electron chi connectivity index (χ1n) is 9.02. The van der Waals surface area contributed by atoms with Crippen molar-refractivity contribution >= 4 is 11.4 Å².